The fourth-order valence-corrected chi connectivity index (χ4v) is 8.85. The molecule has 4 aliphatic heterocycles. The van der Waals surface area contributed by atoms with E-state index in [1.807, 2.05) is 84.9 Å². The number of esters is 1. The number of aliphatic hydroxyl groups excluding tert-OH is 1. The molecule has 2 fully saturated rings. The number of carbonyl (C=O) groups excluding carboxylic acids is 4. The lowest BCUT2D eigenvalue weighted by atomic mass is 9.74. The van der Waals surface area contributed by atoms with Crippen LogP contribution in [0.5, 0.6) is 0 Å². The van der Waals surface area contributed by atoms with Gasteiger partial charge in [0.25, 0.3) is 5.91 Å². The molecule has 3 amide bonds. The van der Waals surface area contributed by atoms with Crippen molar-refractivity contribution in [3.63, 3.8) is 0 Å². The van der Waals surface area contributed by atoms with Crippen molar-refractivity contribution in [3.8, 4) is 0 Å². The number of unbranched alkanes of at least 4 members (excludes halogenated alkanes) is 2. The summed E-state index contributed by atoms with van der Waals surface area (Å²) in [6, 6.07) is 21.3. The van der Waals surface area contributed by atoms with Crippen LogP contribution in [0.3, 0.4) is 0 Å². The van der Waals surface area contributed by atoms with E-state index in [-0.39, 0.29) is 43.8 Å². The number of anilines is 1. The Labute approximate surface area is 305 Å². The predicted octanol–water partition coefficient (Wildman–Crippen LogP) is 5.35. The minimum Gasteiger partial charge on any atom is -0.455 e. The normalized spacial score (nSPS) is 30.3. The Morgan fingerprint density at radius 2 is 1.67 bits per heavy atom. The molecule has 0 unspecified atom stereocenters. The number of allylic oxidation sites excluding steroid dienone is 1. The molecule has 0 radical (unpaired) electrons. The van der Waals surface area contributed by atoms with Crippen LogP contribution in [0.2, 0.25) is 0 Å². The first-order chi connectivity index (χ1) is 24.7. The third-order valence-corrected chi connectivity index (χ3v) is 11.2. The van der Waals surface area contributed by atoms with Crippen molar-refractivity contribution >= 4 is 56.1 Å². The van der Waals surface area contributed by atoms with E-state index in [9.17, 15) is 19.5 Å². The topological polar surface area (TPSA) is 125 Å². The highest BCUT2D eigenvalue weighted by Gasteiger charge is 2.75. The maximum atomic E-state index is 15.2. The van der Waals surface area contributed by atoms with Gasteiger partial charge in [-0.1, -0.05) is 88.7 Å². The zero-order valence-corrected chi connectivity index (χ0v) is 30.0. The summed E-state index contributed by atoms with van der Waals surface area (Å²) in [6.07, 6.45) is 6.33. The summed E-state index contributed by atoms with van der Waals surface area (Å²) in [4.78, 5) is 60.6. The van der Waals surface area contributed by atoms with Gasteiger partial charge >= 0.3 is 5.97 Å². The second-order valence-electron chi connectivity index (χ2n) is 13.8. The van der Waals surface area contributed by atoms with Gasteiger partial charge in [0.2, 0.25) is 11.8 Å². The molecule has 3 aromatic rings. The van der Waals surface area contributed by atoms with Gasteiger partial charge in [-0.05, 0) is 67.2 Å². The van der Waals surface area contributed by atoms with E-state index in [1.165, 1.54) is 0 Å². The van der Waals surface area contributed by atoms with Gasteiger partial charge in [0.05, 0.1) is 12.0 Å². The van der Waals surface area contributed by atoms with Crippen LogP contribution in [0.25, 0.3) is 10.8 Å². The number of nitrogens with one attached hydrogen (secondary N) is 1. The molecule has 3 aromatic carbocycles. The van der Waals surface area contributed by atoms with Crippen LogP contribution >= 0.6 is 15.9 Å². The Kier molecular flexibility index (Phi) is 10.1. The number of carbonyl (C=O) groups is 4. The number of hydrogen-bond donors (Lipinski definition) is 2. The quantitative estimate of drug-likeness (QED) is 0.189. The summed E-state index contributed by atoms with van der Waals surface area (Å²) in [5.41, 5.74) is -0.0718. The summed E-state index contributed by atoms with van der Waals surface area (Å²) in [6.45, 7) is 2.27. The molecule has 7 rings (SSSR count). The molecule has 11 heteroatoms. The lowest BCUT2D eigenvalue weighted by molar-refractivity contribution is -0.161. The molecule has 10 nitrogen and oxygen atoms in total. The monoisotopic (exact) mass is 755 g/mol. The van der Waals surface area contributed by atoms with E-state index in [1.54, 1.807) is 22.8 Å². The predicted molar refractivity (Wildman–Crippen MR) is 196 cm³/mol. The molecular weight excluding hydrogens is 714 g/mol. The minimum atomic E-state index is -1.42. The molecule has 1 spiro atoms. The number of likely N-dealkylation sites (tertiary alicyclic amines) is 1. The number of nitrogens with zero attached hydrogens (tertiary/aromatic N) is 2. The molecule has 5 bridgehead atoms. The van der Waals surface area contributed by atoms with Gasteiger partial charge in [0.15, 0.2) is 0 Å². The van der Waals surface area contributed by atoms with Crippen molar-refractivity contribution in [1.82, 2.24) is 10.2 Å². The van der Waals surface area contributed by atoms with Crippen LogP contribution in [0, 0.1) is 11.8 Å². The molecule has 4 aliphatic rings. The van der Waals surface area contributed by atoms with Gasteiger partial charge in [0, 0.05) is 36.3 Å². The summed E-state index contributed by atoms with van der Waals surface area (Å²) in [7, 11) is 0. The van der Waals surface area contributed by atoms with Crippen LogP contribution in [-0.4, -0.2) is 77.2 Å². The van der Waals surface area contributed by atoms with Crippen molar-refractivity contribution in [2.75, 3.05) is 24.6 Å². The maximum Gasteiger partial charge on any atom is 0.313 e. The molecule has 4 heterocycles. The number of rotatable bonds is 7. The second kappa shape index (κ2) is 14.7. The fourth-order valence-electron chi connectivity index (χ4n) is 8.11. The highest BCUT2D eigenvalue weighted by molar-refractivity contribution is 9.11. The Morgan fingerprint density at radius 3 is 2.45 bits per heavy atom. The van der Waals surface area contributed by atoms with Crippen LogP contribution < -0.4 is 10.2 Å². The molecule has 2 N–H and O–H groups in total. The highest BCUT2D eigenvalue weighted by Crippen LogP contribution is 2.59. The maximum absolute atomic E-state index is 15.2. The summed E-state index contributed by atoms with van der Waals surface area (Å²) in [5.74, 6) is -3.55. The number of aliphatic hydroxyl groups is 1. The van der Waals surface area contributed by atoms with E-state index < -0.39 is 47.7 Å². The van der Waals surface area contributed by atoms with Gasteiger partial charge in [-0.2, -0.15) is 0 Å². The van der Waals surface area contributed by atoms with Crippen molar-refractivity contribution in [2.24, 2.45) is 11.8 Å². The van der Waals surface area contributed by atoms with Gasteiger partial charge in [-0.25, -0.2) is 0 Å². The Balaban J connectivity index is 1.33. The number of amides is 3. The van der Waals surface area contributed by atoms with Crippen molar-refractivity contribution in [3.05, 3.63) is 101 Å². The zero-order valence-electron chi connectivity index (χ0n) is 28.5. The minimum absolute atomic E-state index is 0.0286. The van der Waals surface area contributed by atoms with Gasteiger partial charge in [-0.3, -0.25) is 19.2 Å². The Hall–Kier alpha value is -4.32. The van der Waals surface area contributed by atoms with E-state index in [4.69, 9.17) is 9.47 Å². The highest BCUT2D eigenvalue weighted by atomic mass is 79.9. The smallest absolute Gasteiger partial charge is 0.313 e. The largest absolute Gasteiger partial charge is 0.455 e. The Morgan fingerprint density at radius 1 is 0.902 bits per heavy atom. The lowest BCUT2D eigenvalue weighted by Crippen LogP contribution is -2.56. The fraction of sp³-hybridized carbons (Fsp3) is 0.400. The molecule has 266 valence electrons. The van der Waals surface area contributed by atoms with Gasteiger partial charge in [-0.15, -0.1) is 0 Å². The Bertz CT molecular complexity index is 1880. The van der Waals surface area contributed by atoms with Crippen molar-refractivity contribution in [1.29, 1.82) is 0 Å². The number of cyclic esters (lactones) is 1. The molecule has 0 saturated carbocycles. The van der Waals surface area contributed by atoms with Gasteiger partial charge in [0.1, 0.15) is 29.8 Å². The molecule has 2 saturated heterocycles. The third-order valence-electron chi connectivity index (χ3n) is 10.5. The van der Waals surface area contributed by atoms with Crippen molar-refractivity contribution in [2.45, 2.75) is 68.9 Å². The first-order valence-electron chi connectivity index (χ1n) is 17.7. The van der Waals surface area contributed by atoms with Crippen LogP contribution in [0.4, 0.5) is 5.69 Å². The van der Waals surface area contributed by atoms with E-state index in [0.717, 1.165) is 10.8 Å². The average molecular weight is 757 g/mol. The first kappa shape index (κ1) is 35.1. The molecule has 51 heavy (non-hydrogen) atoms. The van der Waals surface area contributed by atoms with E-state index in [0.29, 0.717) is 41.4 Å². The van der Waals surface area contributed by atoms with Crippen molar-refractivity contribution < 1.29 is 33.8 Å². The molecule has 0 aliphatic carbocycles. The standard InChI is InChI=1S/C40H42BrN3O7/c1-25-34(27-14-5-2-6-15-27)50-39(49)32-33-37(47)44(21-11-4-12-22-45)36(40(33)24-30(41)35(32)51-40)38(48)43(20-10-3-7-17-31(46)42-25)29-19-18-26-13-8-9-16-28(26)23-29/h2-3,5-6,8-10,13-16,18-19,23-25,32-36,45H,4,7,11-12,17,20-22H2,1H3,(H,42,46)/b10-3-/t25-,32+,33-,34+,35+,36+,40-/m0/s1. The third kappa shape index (κ3) is 6.51. The van der Waals surface area contributed by atoms with E-state index >= 15 is 4.79 Å². The molecular formula is C40H42BrN3O7. The summed E-state index contributed by atoms with van der Waals surface area (Å²) < 4.78 is 13.5. The SMILES string of the molecule is C[C@@H]1NC(=O)CC/C=C\CN(c2ccc3ccccc3c2)C(=O)[C@H]2N(CCCCCO)C(=O)[C@@H]3[C@@H](C(=O)O[C@H]1c1ccccc1)[C@@H]1O[C@@]32C=C1Br. The number of halogens is 1. The van der Waals surface area contributed by atoms with Crippen LogP contribution in [-0.2, 0) is 28.7 Å². The number of ether oxygens (including phenoxy) is 2. The van der Waals surface area contributed by atoms with Crippen LogP contribution in [0.15, 0.2) is 95.5 Å². The molecule has 7 atom stereocenters. The van der Waals surface area contributed by atoms with Gasteiger partial charge < -0.3 is 29.7 Å². The summed E-state index contributed by atoms with van der Waals surface area (Å²) in [5, 5.41) is 14.4. The zero-order chi connectivity index (χ0) is 35.7. The number of hydrogen-bond acceptors (Lipinski definition) is 7. The van der Waals surface area contributed by atoms with E-state index in [2.05, 4.69) is 21.2 Å². The number of fused-ring (bicyclic) bond motifs is 3. The van der Waals surface area contributed by atoms with Crippen LogP contribution in [0.1, 0.15) is 50.7 Å². The summed E-state index contributed by atoms with van der Waals surface area (Å²) >= 11 is 3.63. The number of benzene rings is 3. The molecule has 0 aromatic heterocycles. The lowest BCUT2D eigenvalue weighted by Gasteiger charge is -2.36. The average Bonchev–Trinajstić information content (AvgIpc) is 3.73. The first-order valence-corrected chi connectivity index (χ1v) is 18.5. The second-order valence-corrected chi connectivity index (χ2v) is 14.7.